The van der Waals surface area contributed by atoms with E-state index >= 15 is 0 Å². The first-order chi connectivity index (χ1) is 8.65. The highest BCUT2D eigenvalue weighted by Crippen LogP contribution is 2.35. The zero-order valence-electron chi connectivity index (χ0n) is 10.2. The SMILES string of the molecule is COc1ccc(-c2ccc(N)c(Cl)c2)c(OC)c1. The molecule has 0 saturated heterocycles. The topological polar surface area (TPSA) is 44.5 Å². The van der Waals surface area contributed by atoms with Crippen molar-refractivity contribution in [3.63, 3.8) is 0 Å². The molecule has 94 valence electrons. The van der Waals surface area contributed by atoms with Gasteiger partial charge >= 0.3 is 0 Å². The molecule has 2 aromatic rings. The summed E-state index contributed by atoms with van der Waals surface area (Å²) < 4.78 is 10.5. The highest BCUT2D eigenvalue weighted by molar-refractivity contribution is 6.33. The van der Waals surface area contributed by atoms with Crippen LogP contribution in [-0.2, 0) is 0 Å². The maximum absolute atomic E-state index is 6.03. The molecule has 0 amide bonds. The normalized spacial score (nSPS) is 10.2. The van der Waals surface area contributed by atoms with Crippen molar-refractivity contribution in [1.29, 1.82) is 0 Å². The second-order valence-electron chi connectivity index (χ2n) is 3.80. The Kier molecular flexibility index (Phi) is 3.63. The van der Waals surface area contributed by atoms with Gasteiger partial charge in [0, 0.05) is 11.6 Å². The van der Waals surface area contributed by atoms with E-state index in [1.807, 2.05) is 30.3 Å². The molecule has 2 aromatic carbocycles. The lowest BCUT2D eigenvalue weighted by Gasteiger charge is -2.11. The van der Waals surface area contributed by atoms with Gasteiger partial charge in [-0.2, -0.15) is 0 Å². The Morgan fingerprint density at radius 2 is 1.78 bits per heavy atom. The molecule has 0 spiro atoms. The van der Waals surface area contributed by atoms with Crippen LogP contribution < -0.4 is 15.2 Å². The molecule has 0 radical (unpaired) electrons. The van der Waals surface area contributed by atoms with Gasteiger partial charge in [0.25, 0.3) is 0 Å². The number of anilines is 1. The van der Waals surface area contributed by atoms with Crippen LogP contribution in [-0.4, -0.2) is 14.2 Å². The van der Waals surface area contributed by atoms with Crippen LogP contribution in [0.5, 0.6) is 11.5 Å². The lowest BCUT2D eigenvalue weighted by atomic mass is 10.0. The van der Waals surface area contributed by atoms with Gasteiger partial charge in [-0.1, -0.05) is 17.7 Å². The van der Waals surface area contributed by atoms with E-state index in [0.29, 0.717) is 10.7 Å². The summed E-state index contributed by atoms with van der Waals surface area (Å²) >= 11 is 6.03. The molecular weight excluding hydrogens is 250 g/mol. The van der Waals surface area contributed by atoms with E-state index in [2.05, 4.69) is 0 Å². The summed E-state index contributed by atoms with van der Waals surface area (Å²) in [7, 11) is 3.24. The van der Waals surface area contributed by atoms with Gasteiger partial charge in [-0.3, -0.25) is 0 Å². The molecular formula is C14H14ClNO2. The zero-order chi connectivity index (χ0) is 13.1. The van der Waals surface area contributed by atoms with Gasteiger partial charge in [0.1, 0.15) is 11.5 Å². The Labute approximate surface area is 111 Å². The minimum atomic E-state index is 0.533. The lowest BCUT2D eigenvalue weighted by Crippen LogP contribution is -1.91. The van der Waals surface area contributed by atoms with Gasteiger partial charge in [0.05, 0.1) is 24.9 Å². The smallest absolute Gasteiger partial charge is 0.130 e. The number of nitrogen functional groups attached to an aromatic ring is 1. The molecule has 0 atom stereocenters. The highest BCUT2D eigenvalue weighted by atomic mass is 35.5. The van der Waals surface area contributed by atoms with E-state index in [1.165, 1.54) is 0 Å². The van der Waals surface area contributed by atoms with Crippen molar-refractivity contribution in [2.45, 2.75) is 0 Å². The second-order valence-corrected chi connectivity index (χ2v) is 4.21. The first-order valence-corrected chi connectivity index (χ1v) is 5.81. The summed E-state index contributed by atoms with van der Waals surface area (Å²) in [5.74, 6) is 1.48. The van der Waals surface area contributed by atoms with Crippen LogP contribution in [0.4, 0.5) is 5.69 Å². The molecule has 0 aliphatic rings. The van der Waals surface area contributed by atoms with Crippen molar-refractivity contribution in [2.24, 2.45) is 0 Å². The van der Waals surface area contributed by atoms with Crippen LogP contribution in [0.3, 0.4) is 0 Å². The first-order valence-electron chi connectivity index (χ1n) is 5.43. The van der Waals surface area contributed by atoms with Crippen molar-refractivity contribution >= 4 is 17.3 Å². The third-order valence-corrected chi connectivity index (χ3v) is 3.05. The minimum absolute atomic E-state index is 0.533. The lowest BCUT2D eigenvalue weighted by molar-refractivity contribution is 0.395. The molecule has 0 saturated carbocycles. The Balaban J connectivity index is 2.52. The number of benzene rings is 2. The summed E-state index contributed by atoms with van der Waals surface area (Å²) in [6, 6.07) is 11.1. The zero-order valence-corrected chi connectivity index (χ0v) is 11.0. The molecule has 0 unspecified atom stereocenters. The fraction of sp³-hybridized carbons (Fsp3) is 0.143. The van der Waals surface area contributed by atoms with Crippen LogP contribution in [0.25, 0.3) is 11.1 Å². The Morgan fingerprint density at radius 1 is 1.00 bits per heavy atom. The van der Waals surface area contributed by atoms with Gasteiger partial charge in [-0.25, -0.2) is 0 Å². The maximum Gasteiger partial charge on any atom is 0.130 e. The number of ether oxygens (including phenoxy) is 2. The molecule has 0 aliphatic heterocycles. The molecule has 0 aromatic heterocycles. The van der Waals surface area contributed by atoms with E-state index in [-0.39, 0.29) is 0 Å². The predicted molar refractivity (Wildman–Crippen MR) is 74.4 cm³/mol. The third-order valence-electron chi connectivity index (χ3n) is 2.72. The Hall–Kier alpha value is -1.87. The van der Waals surface area contributed by atoms with Gasteiger partial charge in [-0.15, -0.1) is 0 Å². The average molecular weight is 264 g/mol. The predicted octanol–water partition coefficient (Wildman–Crippen LogP) is 3.61. The standard InChI is InChI=1S/C14H14ClNO2/c1-17-10-4-5-11(14(8-10)18-2)9-3-6-13(16)12(15)7-9/h3-8H,16H2,1-2H3. The van der Waals surface area contributed by atoms with Crippen LogP contribution in [0, 0.1) is 0 Å². The van der Waals surface area contributed by atoms with Gasteiger partial charge in [0.15, 0.2) is 0 Å². The van der Waals surface area contributed by atoms with E-state index in [0.717, 1.165) is 22.6 Å². The Morgan fingerprint density at radius 3 is 2.39 bits per heavy atom. The van der Waals surface area contributed by atoms with Crippen molar-refractivity contribution in [3.8, 4) is 22.6 Å². The van der Waals surface area contributed by atoms with Crippen molar-refractivity contribution in [3.05, 3.63) is 41.4 Å². The second kappa shape index (κ2) is 5.19. The van der Waals surface area contributed by atoms with Crippen molar-refractivity contribution < 1.29 is 9.47 Å². The van der Waals surface area contributed by atoms with Gasteiger partial charge in [-0.05, 0) is 29.8 Å². The van der Waals surface area contributed by atoms with Crippen molar-refractivity contribution in [1.82, 2.24) is 0 Å². The number of nitrogens with two attached hydrogens (primary N) is 1. The summed E-state index contributed by atoms with van der Waals surface area (Å²) in [6.45, 7) is 0. The van der Waals surface area contributed by atoms with E-state index in [4.69, 9.17) is 26.8 Å². The van der Waals surface area contributed by atoms with Crippen LogP contribution in [0.2, 0.25) is 5.02 Å². The highest BCUT2D eigenvalue weighted by Gasteiger charge is 2.08. The minimum Gasteiger partial charge on any atom is -0.497 e. The molecule has 0 heterocycles. The largest absolute Gasteiger partial charge is 0.497 e. The van der Waals surface area contributed by atoms with E-state index in [9.17, 15) is 0 Å². The summed E-state index contributed by atoms with van der Waals surface area (Å²) in [6.07, 6.45) is 0. The van der Waals surface area contributed by atoms with Crippen LogP contribution in [0.1, 0.15) is 0 Å². The fourth-order valence-electron chi connectivity index (χ4n) is 1.73. The first kappa shape index (κ1) is 12.6. The molecule has 2 rings (SSSR count). The number of halogens is 1. The molecule has 0 fully saturated rings. The van der Waals surface area contributed by atoms with Crippen LogP contribution >= 0.6 is 11.6 Å². The van der Waals surface area contributed by atoms with Crippen LogP contribution in [0.15, 0.2) is 36.4 Å². The number of hydrogen-bond acceptors (Lipinski definition) is 3. The molecule has 4 heteroatoms. The van der Waals surface area contributed by atoms with Crippen molar-refractivity contribution in [2.75, 3.05) is 20.0 Å². The van der Waals surface area contributed by atoms with E-state index < -0.39 is 0 Å². The summed E-state index contributed by atoms with van der Waals surface area (Å²) in [4.78, 5) is 0. The summed E-state index contributed by atoms with van der Waals surface area (Å²) in [5, 5.41) is 0.533. The average Bonchev–Trinajstić information content (AvgIpc) is 2.41. The molecule has 0 bridgehead atoms. The quantitative estimate of drug-likeness (QED) is 0.861. The summed E-state index contributed by atoms with van der Waals surface area (Å²) in [5.41, 5.74) is 8.16. The van der Waals surface area contributed by atoms with Gasteiger partial charge in [0.2, 0.25) is 0 Å². The number of methoxy groups -OCH3 is 2. The molecule has 18 heavy (non-hydrogen) atoms. The van der Waals surface area contributed by atoms with Gasteiger partial charge < -0.3 is 15.2 Å². The van der Waals surface area contributed by atoms with E-state index in [1.54, 1.807) is 20.3 Å². The third kappa shape index (κ3) is 2.36. The maximum atomic E-state index is 6.03. The molecule has 3 nitrogen and oxygen atoms in total. The number of rotatable bonds is 3. The monoisotopic (exact) mass is 263 g/mol. The molecule has 0 aliphatic carbocycles. The molecule has 2 N–H and O–H groups in total. The Bertz CT molecular complexity index is 570. The number of hydrogen-bond donors (Lipinski definition) is 1. The fourth-order valence-corrected chi connectivity index (χ4v) is 1.91.